The van der Waals surface area contributed by atoms with Crippen LogP contribution in [0.2, 0.25) is 0 Å². The lowest BCUT2D eigenvalue weighted by molar-refractivity contribution is -0.132. The van der Waals surface area contributed by atoms with Gasteiger partial charge in [0, 0.05) is 32.7 Å². The monoisotopic (exact) mass is 281 g/mol. The zero-order valence-electron chi connectivity index (χ0n) is 12.2. The molecule has 0 atom stereocenters. The summed E-state index contributed by atoms with van der Waals surface area (Å²) in [5, 5.41) is 14.7. The van der Waals surface area contributed by atoms with Crippen molar-refractivity contribution in [3.8, 4) is 6.07 Å². The minimum absolute atomic E-state index is 0.0861. The average Bonchev–Trinajstić information content (AvgIpc) is 2.45. The van der Waals surface area contributed by atoms with E-state index in [0.29, 0.717) is 38.5 Å². The van der Waals surface area contributed by atoms with E-state index in [-0.39, 0.29) is 24.8 Å². The third-order valence-electron chi connectivity index (χ3n) is 3.34. The zero-order valence-corrected chi connectivity index (χ0v) is 12.2. The number of nitriles is 1. The molecule has 1 rings (SSSR count). The highest BCUT2D eigenvalue weighted by Crippen LogP contribution is 2.29. The van der Waals surface area contributed by atoms with Crippen LogP contribution in [-0.4, -0.2) is 38.1 Å². The smallest absolute Gasteiger partial charge is 0.240 e. The molecule has 0 unspecified atom stereocenters. The number of ether oxygens (including phenoxy) is 1. The van der Waals surface area contributed by atoms with Gasteiger partial charge >= 0.3 is 0 Å². The first-order chi connectivity index (χ1) is 9.50. The molecule has 1 heterocycles. The Morgan fingerprint density at radius 1 is 1.30 bits per heavy atom. The Morgan fingerprint density at radius 2 is 1.95 bits per heavy atom. The molecule has 0 radical (unpaired) electrons. The van der Waals surface area contributed by atoms with Crippen molar-refractivity contribution in [1.29, 1.82) is 5.26 Å². The molecular weight excluding hydrogens is 258 g/mol. The molecule has 2 N–H and O–H groups in total. The van der Waals surface area contributed by atoms with Crippen LogP contribution in [0.1, 0.15) is 33.1 Å². The molecule has 6 heteroatoms. The quantitative estimate of drug-likeness (QED) is 0.745. The maximum atomic E-state index is 12.1. The van der Waals surface area contributed by atoms with E-state index in [1.54, 1.807) is 0 Å². The second-order valence-electron chi connectivity index (χ2n) is 5.51. The molecule has 0 spiro atoms. The summed E-state index contributed by atoms with van der Waals surface area (Å²) in [4.78, 5) is 23.6. The van der Waals surface area contributed by atoms with Gasteiger partial charge in [0.15, 0.2) is 0 Å². The van der Waals surface area contributed by atoms with Gasteiger partial charge in [-0.15, -0.1) is 0 Å². The molecule has 1 aliphatic heterocycles. The van der Waals surface area contributed by atoms with Crippen molar-refractivity contribution in [3.63, 3.8) is 0 Å². The average molecular weight is 281 g/mol. The number of carbonyl (C=O) groups is 2. The van der Waals surface area contributed by atoms with Crippen molar-refractivity contribution in [2.45, 2.75) is 33.1 Å². The molecule has 1 saturated heterocycles. The van der Waals surface area contributed by atoms with Gasteiger partial charge < -0.3 is 15.4 Å². The van der Waals surface area contributed by atoms with E-state index >= 15 is 0 Å². The fourth-order valence-corrected chi connectivity index (χ4v) is 1.97. The molecule has 6 nitrogen and oxygen atoms in total. The first-order valence-corrected chi connectivity index (χ1v) is 7.04. The molecule has 112 valence electrons. The number of rotatable bonds is 6. The number of hydrogen-bond acceptors (Lipinski definition) is 4. The van der Waals surface area contributed by atoms with E-state index in [1.807, 2.05) is 13.8 Å². The Kier molecular flexibility index (Phi) is 6.46. The maximum absolute atomic E-state index is 12.1. The molecule has 1 fully saturated rings. The van der Waals surface area contributed by atoms with Gasteiger partial charge in [0.2, 0.25) is 11.8 Å². The van der Waals surface area contributed by atoms with Crippen molar-refractivity contribution in [1.82, 2.24) is 10.6 Å². The van der Waals surface area contributed by atoms with E-state index in [1.165, 1.54) is 0 Å². The predicted octanol–water partition coefficient (Wildman–Crippen LogP) is 0.585. The summed E-state index contributed by atoms with van der Waals surface area (Å²) in [6.45, 7) is 5.78. The molecule has 0 aromatic rings. The molecule has 0 aliphatic carbocycles. The van der Waals surface area contributed by atoms with Gasteiger partial charge in [0.1, 0.15) is 5.41 Å². The fraction of sp³-hybridized carbons (Fsp3) is 0.786. The summed E-state index contributed by atoms with van der Waals surface area (Å²) >= 11 is 0. The van der Waals surface area contributed by atoms with Crippen LogP contribution in [0.5, 0.6) is 0 Å². The van der Waals surface area contributed by atoms with Crippen LogP contribution in [0.3, 0.4) is 0 Å². The molecule has 1 aliphatic rings. The van der Waals surface area contributed by atoms with Crippen LogP contribution >= 0.6 is 0 Å². The minimum atomic E-state index is -0.993. The normalized spacial score (nSPS) is 17.3. The van der Waals surface area contributed by atoms with Gasteiger partial charge in [-0.1, -0.05) is 13.8 Å². The Bertz CT molecular complexity index is 382. The Morgan fingerprint density at radius 3 is 2.50 bits per heavy atom. The van der Waals surface area contributed by atoms with Crippen LogP contribution < -0.4 is 10.6 Å². The van der Waals surface area contributed by atoms with Gasteiger partial charge in [0.25, 0.3) is 0 Å². The van der Waals surface area contributed by atoms with Crippen molar-refractivity contribution in [2.24, 2.45) is 11.3 Å². The van der Waals surface area contributed by atoms with Gasteiger partial charge in [-0.05, 0) is 18.8 Å². The summed E-state index contributed by atoms with van der Waals surface area (Å²) in [5.74, 6) is 0.0228. The van der Waals surface area contributed by atoms with Crippen molar-refractivity contribution in [3.05, 3.63) is 0 Å². The zero-order chi connectivity index (χ0) is 15.0. The first-order valence-electron chi connectivity index (χ1n) is 7.04. The summed E-state index contributed by atoms with van der Waals surface area (Å²) < 4.78 is 5.18. The van der Waals surface area contributed by atoms with Crippen molar-refractivity contribution >= 4 is 11.8 Å². The van der Waals surface area contributed by atoms with Gasteiger partial charge in [-0.2, -0.15) is 5.26 Å². The van der Waals surface area contributed by atoms with E-state index in [4.69, 9.17) is 4.74 Å². The second kappa shape index (κ2) is 7.85. The summed E-state index contributed by atoms with van der Waals surface area (Å²) in [6.07, 6.45) is 1.06. The van der Waals surface area contributed by atoms with Crippen LogP contribution in [0.4, 0.5) is 0 Å². The molecule has 0 aromatic heterocycles. The molecular formula is C14H23N3O3. The number of amides is 2. The molecule has 20 heavy (non-hydrogen) atoms. The Balaban J connectivity index is 2.32. The number of nitrogens with one attached hydrogen (secondary N) is 2. The fourth-order valence-electron chi connectivity index (χ4n) is 1.97. The molecule has 2 amide bonds. The highest BCUT2D eigenvalue weighted by Gasteiger charge is 2.40. The third-order valence-corrected chi connectivity index (χ3v) is 3.34. The third kappa shape index (κ3) is 4.82. The lowest BCUT2D eigenvalue weighted by Crippen LogP contribution is -2.44. The number of hydrogen-bond donors (Lipinski definition) is 2. The maximum Gasteiger partial charge on any atom is 0.240 e. The van der Waals surface area contributed by atoms with Crippen molar-refractivity contribution < 1.29 is 14.3 Å². The summed E-state index contributed by atoms with van der Waals surface area (Å²) in [6, 6.07) is 2.10. The molecule has 0 saturated carbocycles. The second-order valence-corrected chi connectivity index (χ2v) is 5.51. The first kappa shape index (κ1) is 16.4. The largest absolute Gasteiger partial charge is 0.381 e. The molecule has 0 bridgehead atoms. The van der Waals surface area contributed by atoms with E-state index in [9.17, 15) is 14.9 Å². The topological polar surface area (TPSA) is 91.2 Å². The SMILES string of the molecule is CC(C)CNC(=O)CCNC(=O)C1(C#N)CCOCC1. The van der Waals surface area contributed by atoms with Crippen LogP contribution in [-0.2, 0) is 14.3 Å². The van der Waals surface area contributed by atoms with Crippen molar-refractivity contribution in [2.75, 3.05) is 26.3 Å². The highest BCUT2D eigenvalue weighted by molar-refractivity contribution is 5.86. The summed E-state index contributed by atoms with van der Waals surface area (Å²) in [7, 11) is 0. The van der Waals surface area contributed by atoms with Gasteiger partial charge in [-0.3, -0.25) is 9.59 Å². The van der Waals surface area contributed by atoms with Crippen LogP contribution in [0, 0.1) is 22.7 Å². The lowest BCUT2D eigenvalue weighted by atomic mass is 9.81. The van der Waals surface area contributed by atoms with Crippen LogP contribution in [0.15, 0.2) is 0 Å². The van der Waals surface area contributed by atoms with Crippen LogP contribution in [0.25, 0.3) is 0 Å². The van der Waals surface area contributed by atoms with Gasteiger partial charge in [0.05, 0.1) is 6.07 Å². The highest BCUT2D eigenvalue weighted by atomic mass is 16.5. The van der Waals surface area contributed by atoms with E-state index < -0.39 is 5.41 Å². The van der Waals surface area contributed by atoms with E-state index in [2.05, 4.69) is 16.7 Å². The minimum Gasteiger partial charge on any atom is -0.381 e. The number of nitrogens with zero attached hydrogens (tertiary/aromatic N) is 1. The Labute approximate surface area is 119 Å². The summed E-state index contributed by atoms with van der Waals surface area (Å²) in [5.41, 5.74) is -0.993. The standard InChI is InChI=1S/C14H23N3O3/c1-11(2)9-17-12(18)3-6-16-13(19)14(10-15)4-7-20-8-5-14/h11H,3-9H2,1-2H3,(H,16,19)(H,17,18). The lowest BCUT2D eigenvalue weighted by Gasteiger charge is -2.29. The molecule has 0 aromatic carbocycles. The van der Waals surface area contributed by atoms with Gasteiger partial charge in [-0.25, -0.2) is 0 Å². The van der Waals surface area contributed by atoms with E-state index in [0.717, 1.165) is 0 Å². The number of carbonyl (C=O) groups excluding carboxylic acids is 2. The Hall–Kier alpha value is -1.61. The predicted molar refractivity (Wildman–Crippen MR) is 73.6 cm³/mol.